The third kappa shape index (κ3) is 3.09. The number of benzene rings is 2. The van der Waals surface area contributed by atoms with Crippen LogP contribution in [0.15, 0.2) is 54.6 Å². The number of ether oxygens (including phenoxy) is 2. The van der Waals surface area contributed by atoms with E-state index in [1.54, 1.807) is 0 Å². The highest BCUT2D eigenvalue weighted by Gasteiger charge is 2.34. The number of para-hydroxylation sites is 1. The number of piperidine rings is 1. The van der Waals surface area contributed by atoms with E-state index in [4.69, 9.17) is 9.47 Å². The van der Waals surface area contributed by atoms with E-state index in [0.29, 0.717) is 18.2 Å². The second kappa shape index (κ2) is 6.01. The Balaban J connectivity index is 1.43. The lowest BCUT2D eigenvalue weighted by molar-refractivity contribution is 0.137. The monoisotopic (exact) mass is 295 g/mol. The summed E-state index contributed by atoms with van der Waals surface area (Å²) in [6.07, 6.45) is 5.13. The second-order valence-electron chi connectivity index (χ2n) is 6.24. The van der Waals surface area contributed by atoms with Gasteiger partial charge in [-0.05, 0) is 49.9 Å². The smallest absolute Gasteiger partial charge is 0.131 e. The minimum Gasteiger partial charge on any atom is -0.490 e. The van der Waals surface area contributed by atoms with Crippen molar-refractivity contribution in [3.05, 3.63) is 54.6 Å². The Hall–Kier alpha value is -2.00. The number of hydrogen-bond donors (Lipinski definition) is 1. The third-order valence-corrected chi connectivity index (χ3v) is 4.52. The molecule has 3 nitrogen and oxygen atoms in total. The van der Waals surface area contributed by atoms with Gasteiger partial charge in [-0.1, -0.05) is 24.3 Å². The first kappa shape index (κ1) is 13.6. The lowest BCUT2D eigenvalue weighted by Crippen LogP contribution is -2.42. The van der Waals surface area contributed by atoms with Crippen molar-refractivity contribution >= 4 is 0 Å². The minimum atomic E-state index is 0.325. The quantitative estimate of drug-likeness (QED) is 0.919. The molecule has 2 heterocycles. The lowest BCUT2D eigenvalue weighted by Gasteiger charge is -2.29. The highest BCUT2D eigenvalue weighted by Crippen LogP contribution is 2.31. The summed E-state index contributed by atoms with van der Waals surface area (Å²) in [6.45, 7) is 0. The molecule has 0 aromatic heterocycles. The molecule has 3 atom stereocenters. The standard InChI is InChI=1S/C19H21NO2/c1-2-5-16(6-3-1)21-17-7-4-8-18(13-17)22-19-11-14-9-10-15(12-19)20-14/h1-8,13-15,19-20H,9-12H2/t14-,15+,19?. The molecule has 2 saturated heterocycles. The second-order valence-corrected chi connectivity index (χ2v) is 6.24. The molecule has 114 valence electrons. The van der Waals surface area contributed by atoms with Crippen molar-refractivity contribution in [3.63, 3.8) is 0 Å². The molecule has 0 spiro atoms. The van der Waals surface area contributed by atoms with E-state index >= 15 is 0 Å². The SMILES string of the molecule is c1ccc(Oc2cccc(OC3C[C@H]4CC[C@@H](C3)N4)c2)cc1. The first-order valence-electron chi connectivity index (χ1n) is 8.11. The van der Waals surface area contributed by atoms with E-state index in [1.165, 1.54) is 12.8 Å². The summed E-state index contributed by atoms with van der Waals surface area (Å²) in [6, 6.07) is 19.1. The zero-order valence-corrected chi connectivity index (χ0v) is 12.6. The molecule has 0 aliphatic carbocycles. The fraction of sp³-hybridized carbons (Fsp3) is 0.368. The molecule has 0 radical (unpaired) electrons. The molecular formula is C19H21NO2. The molecule has 2 fully saturated rings. The van der Waals surface area contributed by atoms with Crippen molar-refractivity contribution in [1.82, 2.24) is 5.32 Å². The summed E-state index contributed by atoms with van der Waals surface area (Å²) in [5.41, 5.74) is 0. The van der Waals surface area contributed by atoms with Crippen LogP contribution in [0.2, 0.25) is 0 Å². The molecule has 1 N–H and O–H groups in total. The Morgan fingerprint density at radius 1 is 0.773 bits per heavy atom. The fourth-order valence-corrected chi connectivity index (χ4v) is 3.53. The number of hydrogen-bond acceptors (Lipinski definition) is 3. The van der Waals surface area contributed by atoms with Crippen LogP contribution < -0.4 is 14.8 Å². The van der Waals surface area contributed by atoms with Gasteiger partial charge in [0.05, 0.1) is 0 Å². The first-order valence-corrected chi connectivity index (χ1v) is 8.11. The van der Waals surface area contributed by atoms with Crippen molar-refractivity contribution in [1.29, 1.82) is 0 Å². The summed E-state index contributed by atoms with van der Waals surface area (Å²) < 4.78 is 12.1. The summed E-state index contributed by atoms with van der Waals surface area (Å²) >= 11 is 0. The van der Waals surface area contributed by atoms with Crippen molar-refractivity contribution in [3.8, 4) is 17.2 Å². The first-order chi connectivity index (χ1) is 10.8. The predicted molar refractivity (Wildman–Crippen MR) is 86.6 cm³/mol. The topological polar surface area (TPSA) is 30.5 Å². The maximum absolute atomic E-state index is 6.19. The zero-order chi connectivity index (χ0) is 14.8. The van der Waals surface area contributed by atoms with Gasteiger partial charge in [-0.25, -0.2) is 0 Å². The Kier molecular flexibility index (Phi) is 3.73. The lowest BCUT2D eigenvalue weighted by atomic mass is 10.0. The number of nitrogens with one attached hydrogen (secondary N) is 1. The molecular weight excluding hydrogens is 274 g/mol. The van der Waals surface area contributed by atoms with E-state index in [0.717, 1.165) is 30.1 Å². The summed E-state index contributed by atoms with van der Waals surface area (Å²) in [7, 11) is 0. The van der Waals surface area contributed by atoms with Crippen LogP contribution in [0.1, 0.15) is 25.7 Å². The predicted octanol–water partition coefficient (Wildman–Crippen LogP) is 4.14. The summed E-state index contributed by atoms with van der Waals surface area (Å²) in [4.78, 5) is 0. The largest absolute Gasteiger partial charge is 0.490 e. The molecule has 2 aliphatic heterocycles. The number of rotatable bonds is 4. The van der Waals surface area contributed by atoms with Gasteiger partial charge in [-0.2, -0.15) is 0 Å². The van der Waals surface area contributed by atoms with Gasteiger partial charge < -0.3 is 14.8 Å². The Morgan fingerprint density at radius 2 is 1.45 bits per heavy atom. The van der Waals surface area contributed by atoms with E-state index in [-0.39, 0.29) is 0 Å². The van der Waals surface area contributed by atoms with Gasteiger partial charge in [0.1, 0.15) is 23.4 Å². The molecule has 22 heavy (non-hydrogen) atoms. The van der Waals surface area contributed by atoms with Crippen LogP contribution in [-0.2, 0) is 0 Å². The van der Waals surface area contributed by atoms with Crippen LogP contribution >= 0.6 is 0 Å². The molecule has 2 bridgehead atoms. The van der Waals surface area contributed by atoms with Crippen LogP contribution in [0.25, 0.3) is 0 Å². The third-order valence-electron chi connectivity index (χ3n) is 4.52. The van der Waals surface area contributed by atoms with Crippen LogP contribution in [0, 0.1) is 0 Å². The molecule has 2 aliphatic rings. The molecule has 2 aromatic rings. The van der Waals surface area contributed by atoms with Gasteiger partial charge in [0.15, 0.2) is 0 Å². The van der Waals surface area contributed by atoms with E-state index in [9.17, 15) is 0 Å². The average Bonchev–Trinajstić information content (AvgIpc) is 2.87. The maximum Gasteiger partial charge on any atom is 0.131 e. The Bertz CT molecular complexity index is 616. The van der Waals surface area contributed by atoms with E-state index in [2.05, 4.69) is 5.32 Å². The molecule has 1 unspecified atom stereocenters. The van der Waals surface area contributed by atoms with Crippen LogP contribution in [0.5, 0.6) is 17.2 Å². The fourth-order valence-electron chi connectivity index (χ4n) is 3.53. The van der Waals surface area contributed by atoms with Crippen molar-refractivity contribution in [2.45, 2.75) is 43.9 Å². The van der Waals surface area contributed by atoms with Gasteiger partial charge in [-0.15, -0.1) is 0 Å². The highest BCUT2D eigenvalue weighted by molar-refractivity contribution is 5.36. The molecule has 0 amide bonds. The Labute approximate surface area is 131 Å². The van der Waals surface area contributed by atoms with Gasteiger partial charge in [0.2, 0.25) is 0 Å². The van der Waals surface area contributed by atoms with Gasteiger partial charge in [0, 0.05) is 18.2 Å². The van der Waals surface area contributed by atoms with Gasteiger partial charge in [-0.3, -0.25) is 0 Å². The summed E-state index contributed by atoms with van der Waals surface area (Å²) in [5.74, 6) is 2.57. The average molecular weight is 295 g/mol. The van der Waals surface area contributed by atoms with Crippen molar-refractivity contribution < 1.29 is 9.47 Å². The van der Waals surface area contributed by atoms with E-state index < -0.39 is 0 Å². The van der Waals surface area contributed by atoms with Gasteiger partial charge >= 0.3 is 0 Å². The van der Waals surface area contributed by atoms with E-state index in [1.807, 2.05) is 54.6 Å². The van der Waals surface area contributed by atoms with Crippen molar-refractivity contribution in [2.24, 2.45) is 0 Å². The Morgan fingerprint density at radius 3 is 2.23 bits per heavy atom. The number of fused-ring (bicyclic) bond motifs is 2. The van der Waals surface area contributed by atoms with Crippen LogP contribution in [-0.4, -0.2) is 18.2 Å². The normalized spacial score (nSPS) is 26.6. The highest BCUT2D eigenvalue weighted by atomic mass is 16.5. The van der Waals surface area contributed by atoms with Crippen LogP contribution in [0.4, 0.5) is 0 Å². The molecule has 3 heteroatoms. The summed E-state index contributed by atoms with van der Waals surface area (Å²) in [5, 5.41) is 3.65. The molecule has 4 rings (SSSR count). The maximum atomic E-state index is 6.19. The van der Waals surface area contributed by atoms with Gasteiger partial charge in [0.25, 0.3) is 0 Å². The van der Waals surface area contributed by atoms with Crippen molar-refractivity contribution in [2.75, 3.05) is 0 Å². The zero-order valence-electron chi connectivity index (χ0n) is 12.6. The minimum absolute atomic E-state index is 0.325. The van der Waals surface area contributed by atoms with Crippen LogP contribution in [0.3, 0.4) is 0 Å². The molecule has 2 aromatic carbocycles. The molecule has 0 saturated carbocycles.